The van der Waals surface area contributed by atoms with Crippen LogP contribution in [0.15, 0.2) is 77.7 Å². The Kier molecular flexibility index (Phi) is 6.09. The molecule has 1 saturated heterocycles. The molecule has 0 unspecified atom stereocenters. The number of sulfonamides is 1. The summed E-state index contributed by atoms with van der Waals surface area (Å²) in [7, 11) is -3.86. The van der Waals surface area contributed by atoms with Crippen molar-refractivity contribution < 1.29 is 22.0 Å². The Balaban J connectivity index is 1.60. The number of para-hydroxylation sites is 2. The van der Waals surface area contributed by atoms with Crippen molar-refractivity contribution in [3.8, 4) is 0 Å². The molecule has 1 fully saturated rings. The molecule has 3 aromatic rings. The monoisotopic (exact) mass is 457 g/mol. The van der Waals surface area contributed by atoms with Crippen molar-refractivity contribution in [2.24, 2.45) is 0 Å². The molecule has 0 spiro atoms. The summed E-state index contributed by atoms with van der Waals surface area (Å²) >= 11 is 0. The standard InChI is InChI=1S/C23H21F2N3O3S/c24-18-11-12-20(25)17(15-18)16-27-13-6-14-28(23(27)29)22-10-5-4-9-21(22)26-32(30,31)19-7-2-1-3-8-19/h1-5,7-12,15,26H,6,13-14,16H2. The van der Waals surface area contributed by atoms with Crippen LogP contribution in [0.1, 0.15) is 12.0 Å². The fourth-order valence-corrected chi connectivity index (χ4v) is 4.72. The number of benzene rings is 3. The summed E-state index contributed by atoms with van der Waals surface area (Å²) in [5, 5.41) is 0. The van der Waals surface area contributed by atoms with Crippen molar-refractivity contribution in [2.75, 3.05) is 22.7 Å². The number of carbonyl (C=O) groups excluding carboxylic acids is 1. The van der Waals surface area contributed by atoms with Crippen LogP contribution in [0.5, 0.6) is 0 Å². The maximum atomic E-state index is 14.1. The molecule has 3 aromatic carbocycles. The highest BCUT2D eigenvalue weighted by molar-refractivity contribution is 7.92. The number of hydrogen-bond donors (Lipinski definition) is 1. The summed E-state index contributed by atoms with van der Waals surface area (Å²) in [6.45, 7) is 0.658. The van der Waals surface area contributed by atoms with Gasteiger partial charge in [-0.1, -0.05) is 30.3 Å². The Labute approximate surface area is 185 Å². The van der Waals surface area contributed by atoms with Gasteiger partial charge in [0.15, 0.2) is 0 Å². The molecule has 1 aliphatic rings. The number of anilines is 2. The Hall–Kier alpha value is -3.46. The molecule has 4 rings (SSSR count). The second-order valence-electron chi connectivity index (χ2n) is 7.38. The lowest BCUT2D eigenvalue weighted by Crippen LogP contribution is -2.49. The summed E-state index contributed by atoms with van der Waals surface area (Å²) < 4.78 is 55.8. The van der Waals surface area contributed by atoms with Crippen LogP contribution >= 0.6 is 0 Å². The van der Waals surface area contributed by atoms with Crippen molar-refractivity contribution >= 4 is 27.4 Å². The van der Waals surface area contributed by atoms with Gasteiger partial charge in [-0.15, -0.1) is 0 Å². The van der Waals surface area contributed by atoms with Gasteiger partial charge in [0.25, 0.3) is 10.0 Å². The fourth-order valence-electron chi connectivity index (χ4n) is 3.62. The van der Waals surface area contributed by atoms with Crippen LogP contribution in [0.4, 0.5) is 25.0 Å². The van der Waals surface area contributed by atoms with Crippen molar-refractivity contribution in [1.29, 1.82) is 0 Å². The van der Waals surface area contributed by atoms with Gasteiger partial charge in [-0.05, 0) is 48.9 Å². The molecule has 1 aliphatic heterocycles. The lowest BCUT2D eigenvalue weighted by molar-refractivity contribution is 0.191. The third-order valence-corrected chi connectivity index (χ3v) is 6.55. The first-order valence-corrected chi connectivity index (χ1v) is 11.5. The lowest BCUT2D eigenvalue weighted by atomic mass is 10.1. The minimum Gasteiger partial charge on any atom is -0.320 e. The predicted molar refractivity (Wildman–Crippen MR) is 118 cm³/mol. The van der Waals surface area contributed by atoms with E-state index in [1.807, 2.05) is 0 Å². The molecule has 32 heavy (non-hydrogen) atoms. The molecule has 1 heterocycles. The molecule has 1 N–H and O–H groups in total. The van der Waals surface area contributed by atoms with Gasteiger partial charge in [-0.25, -0.2) is 22.0 Å². The van der Waals surface area contributed by atoms with Crippen LogP contribution in [0.2, 0.25) is 0 Å². The van der Waals surface area contributed by atoms with E-state index in [1.165, 1.54) is 21.9 Å². The zero-order valence-corrected chi connectivity index (χ0v) is 17.9. The Morgan fingerprint density at radius 1 is 0.906 bits per heavy atom. The van der Waals surface area contributed by atoms with E-state index < -0.39 is 27.7 Å². The highest BCUT2D eigenvalue weighted by Crippen LogP contribution is 2.31. The van der Waals surface area contributed by atoms with Gasteiger partial charge in [0.2, 0.25) is 0 Å². The van der Waals surface area contributed by atoms with Gasteiger partial charge >= 0.3 is 6.03 Å². The van der Waals surface area contributed by atoms with Gasteiger partial charge in [-0.3, -0.25) is 9.62 Å². The van der Waals surface area contributed by atoms with Gasteiger partial charge in [0, 0.05) is 18.7 Å². The first-order chi connectivity index (χ1) is 15.3. The van der Waals surface area contributed by atoms with Gasteiger partial charge in [0.1, 0.15) is 11.6 Å². The zero-order chi connectivity index (χ0) is 22.7. The average molecular weight is 458 g/mol. The molecule has 0 radical (unpaired) electrons. The second-order valence-corrected chi connectivity index (χ2v) is 9.06. The summed E-state index contributed by atoms with van der Waals surface area (Å²) in [4.78, 5) is 16.1. The normalized spacial score (nSPS) is 14.5. The van der Waals surface area contributed by atoms with E-state index in [0.717, 1.165) is 18.2 Å². The topological polar surface area (TPSA) is 69.7 Å². The van der Waals surface area contributed by atoms with Crippen LogP contribution in [-0.2, 0) is 16.6 Å². The quantitative estimate of drug-likeness (QED) is 0.588. The molecule has 166 valence electrons. The second kappa shape index (κ2) is 8.96. The first-order valence-electron chi connectivity index (χ1n) is 10.0. The summed E-state index contributed by atoms with van der Waals surface area (Å²) in [5.41, 5.74) is 0.725. The minimum atomic E-state index is -3.86. The van der Waals surface area contributed by atoms with Crippen molar-refractivity contribution in [1.82, 2.24) is 4.90 Å². The molecular formula is C23H21F2N3O3S. The van der Waals surface area contributed by atoms with Crippen LogP contribution in [0.25, 0.3) is 0 Å². The maximum absolute atomic E-state index is 14.1. The fraction of sp³-hybridized carbons (Fsp3) is 0.174. The Morgan fingerprint density at radius 3 is 2.41 bits per heavy atom. The number of amides is 2. The van der Waals surface area contributed by atoms with E-state index in [1.54, 1.807) is 42.5 Å². The van der Waals surface area contributed by atoms with E-state index in [9.17, 15) is 22.0 Å². The molecule has 6 nitrogen and oxygen atoms in total. The largest absolute Gasteiger partial charge is 0.324 e. The van der Waals surface area contributed by atoms with Crippen LogP contribution in [-0.4, -0.2) is 32.4 Å². The number of nitrogens with one attached hydrogen (secondary N) is 1. The van der Waals surface area contributed by atoms with E-state index in [4.69, 9.17) is 0 Å². The van der Waals surface area contributed by atoms with Gasteiger partial charge in [0.05, 0.1) is 22.8 Å². The molecule has 2 amide bonds. The van der Waals surface area contributed by atoms with Gasteiger partial charge < -0.3 is 4.90 Å². The zero-order valence-electron chi connectivity index (χ0n) is 17.0. The number of halogens is 2. The number of rotatable bonds is 6. The lowest BCUT2D eigenvalue weighted by Gasteiger charge is -2.36. The predicted octanol–water partition coefficient (Wildman–Crippen LogP) is 4.60. The van der Waals surface area contributed by atoms with Crippen LogP contribution in [0, 0.1) is 11.6 Å². The number of urea groups is 1. The van der Waals surface area contributed by atoms with Crippen molar-refractivity contribution in [3.63, 3.8) is 0 Å². The first kappa shape index (κ1) is 21.8. The van der Waals surface area contributed by atoms with Crippen molar-refractivity contribution in [2.45, 2.75) is 17.9 Å². The number of carbonyl (C=O) groups is 1. The minimum absolute atomic E-state index is 0.0817. The molecule has 0 aromatic heterocycles. The van der Waals surface area contributed by atoms with Gasteiger partial charge in [-0.2, -0.15) is 0 Å². The highest BCUT2D eigenvalue weighted by Gasteiger charge is 2.29. The molecular weight excluding hydrogens is 436 g/mol. The SMILES string of the molecule is O=C1N(Cc2cc(F)ccc2F)CCCN1c1ccccc1NS(=O)(=O)c1ccccc1. The molecule has 0 bridgehead atoms. The average Bonchev–Trinajstić information content (AvgIpc) is 2.79. The van der Waals surface area contributed by atoms with E-state index in [-0.39, 0.29) is 22.7 Å². The smallest absolute Gasteiger partial charge is 0.320 e. The third kappa shape index (κ3) is 4.57. The third-order valence-electron chi connectivity index (χ3n) is 5.17. The summed E-state index contributed by atoms with van der Waals surface area (Å²) in [6, 6.07) is 17.2. The summed E-state index contributed by atoms with van der Waals surface area (Å²) in [5.74, 6) is -1.17. The Morgan fingerprint density at radius 2 is 1.62 bits per heavy atom. The highest BCUT2D eigenvalue weighted by atomic mass is 32.2. The molecule has 0 atom stereocenters. The van der Waals surface area contributed by atoms with E-state index >= 15 is 0 Å². The van der Waals surface area contributed by atoms with E-state index in [0.29, 0.717) is 25.2 Å². The number of nitrogens with zero attached hydrogens (tertiary/aromatic N) is 2. The number of hydrogen-bond acceptors (Lipinski definition) is 3. The Bertz CT molecular complexity index is 1240. The maximum Gasteiger partial charge on any atom is 0.324 e. The van der Waals surface area contributed by atoms with Crippen LogP contribution in [0.3, 0.4) is 0 Å². The molecule has 0 aliphatic carbocycles. The van der Waals surface area contributed by atoms with E-state index in [2.05, 4.69) is 4.72 Å². The molecule has 0 saturated carbocycles. The van der Waals surface area contributed by atoms with Crippen molar-refractivity contribution in [3.05, 3.63) is 90.0 Å². The molecule has 9 heteroatoms. The van der Waals surface area contributed by atoms with Crippen LogP contribution < -0.4 is 9.62 Å². The summed E-state index contributed by atoms with van der Waals surface area (Å²) in [6.07, 6.45) is 0.586.